The second-order valence-corrected chi connectivity index (χ2v) is 7.07. The fourth-order valence-corrected chi connectivity index (χ4v) is 2.19. The van der Waals surface area contributed by atoms with Crippen molar-refractivity contribution < 1.29 is 15.0 Å². The van der Waals surface area contributed by atoms with Crippen molar-refractivity contribution in [3.63, 3.8) is 0 Å². The Morgan fingerprint density at radius 3 is 2.32 bits per heavy atom. The summed E-state index contributed by atoms with van der Waals surface area (Å²) in [7, 11) is 0. The molecule has 0 radical (unpaired) electrons. The van der Waals surface area contributed by atoms with E-state index in [2.05, 4.69) is 37.1 Å². The lowest BCUT2D eigenvalue weighted by Gasteiger charge is -2.25. The van der Waals surface area contributed by atoms with Crippen LogP contribution in [0.2, 0.25) is 0 Å². The van der Waals surface area contributed by atoms with Gasteiger partial charge in [0.1, 0.15) is 5.69 Å². The van der Waals surface area contributed by atoms with E-state index in [0.29, 0.717) is 5.69 Å². The predicted octanol–water partition coefficient (Wildman–Crippen LogP) is 1.94. The molecule has 2 rings (SSSR count). The second kappa shape index (κ2) is 5.74. The molecule has 22 heavy (non-hydrogen) atoms. The summed E-state index contributed by atoms with van der Waals surface area (Å²) in [6, 6.07) is 7.87. The zero-order valence-corrected chi connectivity index (χ0v) is 13.5. The molecule has 0 atom stereocenters. The van der Waals surface area contributed by atoms with Crippen LogP contribution in [0, 0.1) is 0 Å². The van der Waals surface area contributed by atoms with E-state index in [1.54, 1.807) is 13.0 Å². The van der Waals surface area contributed by atoms with Crippen LogP contribution in [0.4, 0.5) is 0 Å². The lowest BCUT2D eigenvalue weighted by Crippen LogP contribution is -2.51. The second-order valence-electron chi connectivity index (χ2n) is 7.07. The number of aliphatic hydroxyl groups excluding tert-OH is 2. The Morgan fingerprint density at radius 2 is 1.77 bits per heavy atom. The van der Waals surface area contributed by atoms with Crippen LogP contribution in [-0.4, -0.2) is 39.9 Å². The van der Waals surface area contributed by atoms with E-state index in [1.165, 1.54) is 5.56 Å². The van der Waals surface area contributed by atoms with Crippen LogP contribution < -0.4 is 5.32 Å². The Labute approximate surface area is 130 Å². The van der Waals surface area contributed by atoms with Gasteiger partial charge in [0.15, 0.2) is 0 Å². The largest absolute Gasteiger partial charge is 0.394 e. The van der Waals surface area contributed by atoms with Gasteiger partial charge in [-0.3, -0.25) is 4.79 Å². The molecule has 4 N–H and O–H groups in total. The van der Waals surface area contributed by atoms with Gasteiger partial charge in [0, 0.05) is 10.9 Å². The molecule has 0 unspecified atom stereocenters. The van der Waals surface area contributed by atoms with Gasteiger partial charge >= 0.3 is 0 Å². The highest BCUT2D eigenvalue weighted by molar-refractivity contribution is 5.98. The van der Waals surface area contributed by atoms with Crippen LogP contribution in [0.1, 0.15) is 43.7 Å². The summed E-state index contributed by atoms with van der Waals surface area (Å²) in [6.45, 7) is 7.35. The molecule has 0 bridgehead atoms. The number of amides is 1. The van der Waals surface area contributed by atoms with E-state index in [0.717, 1.165) is 10.9 Å². The van der Waals surface area contributed by atoms with Gasteiger partial charge in [0.25, 0.3) is 5.91 Å². The third-order valence-electron chi connectivity index (χ3n) is 3.84. The number of hydrogen-bond acceptors (Lipinski definition) is 3. The van der Waals surface area contributed by atoms with E-state index in [4.69, 9.17) is 0 Å². The van der Waals surface area contributed by atoms with Crippen LogP contribution >= 0.6 is 0 Å². The van der Waals surface area contributed by atoms with Gasteiger partial charge in [-0.05, 0) is 36.1 Å². The number of carbonyl (C=O) groups excluding carboxylic acids is 1. The molecule has 0 saturated heterocycles. The minimum Gasteiger partial charge on any atom is -0.394 e. The van der Waals surface area contributed by atoms with Crippen LogP contribution in [0.25, 0.3) is 10.9 Å². The number of nitrogens with one attached hydrogen (secondary N) is 2. The summed E-state index contributed by atoms with van der Waals surface area (Å²) in [5, 5.41) is 22.1. The standard InChI is InChI=1S/C17H24N2O3/c1-16(2,3)12-5-6-13-11(7-12)8-14(18-13)15(22)19-17(4,9-20)10-21/h5-8,18,20-21H,9-10H2,1-4H3,(H,19,22). The topological polar surface area (TPSA) is 85.3 Å². The molecule has 1 amide bonds. The van der Waals surface area contributed by atoms with Crippen molar-refractivity contribution in [2.45, 2.75) is 38.6 Å². The van der Waals surface area contributed by atoms with Crippen molar-refractivity contribution in [2.24, 2.45) is 0 Å². The first-order chi connectivity index (χ1) is 10.2. The van der Waals surface area contributed by atoms with E-state index >= 15 is 0 Å². The van der Waals surface area contributed by atoms with Crippen molar-refractivity contribution in [3.8, 4) is 0 Å². The highest BCUT2D eigenvalue weighted by Gasteiger charge is 2.26. The van der Waals surface area contributed by atoms with Crippen molar-refractivity contribution in [1.82, 2.24) is 10.3 Å². The molecule has 2 aromatic rings. The molecular formula is C17H24N2O3. The van der Waals surface area contributed by atoms with E-state index < -0.39 is 5.54 Å². The monoisotopic (exact) mass is 304 g/mol. The molecule has 0 aliphatic carbocycles. The van der Waals surface area contributed by atoms with Crippen LogP contribution in [0.15, 0.2) is 24.3 Å². The van der Waals surface area contributed by atoms with E-state index in [-0.39, 0.29) is 24.5 Å². The third-order valence-corrected chi connectivity index (χ3v) is 3.84. The highest BCUT2D eigenvalue weighted by atomic mass is 16.3. The normalized spacial score (nSPS) is 12.6. The number of aliphatic hydroxyl groups is 2. The molecule has 120 valence electrons. The van der Waals surface area contributed by atoms with Gasteiger partial charge in [0.05, 0.1) is 18.8 Å². The molecular weight excluding hydrogens is 280 g/mol. The fourth-order valence-electron chi connectivity index (χ4n) is 2.19. The molecule has 1 aromatic carbocycles. The Bertz CT molecular complexity index is 679. The van der Waals surface area contributed by atoms with Gasteiger partial charge in [-0.2, -0.15) is 0 Å². The maximum absolute atomic E-state index is 12.3. The fraction of sp³-hybridized carbons (Fsp3) is 0.471. The number of rotatable bonds is 4. The molecule has 0 aliphatic heterocycles. The molecule has 0 fully saturated rings. The summed E-state index contributed by atoms with van der Waals surface area (Å²) >= 11 is 0. The van der Waals surface area contributed by atoms with Crippen LogP contribution in [-0.2, 0) is 5.41 Å². The number of aromatic nitrogens is 1. The van der Waals surface area contributed by atoms with E-state index in [9.17, 15) is 15.0 Å². The Morgan fingerprint density at radius 1 is 1.14 bits per heavy atom. The van der Waals surface area contributed by atoms with Gasteiger partial charge in [-0.15, -0.1) is 0 Å². The average molecular weight is 304 g/mol. The molecule has 5 heteroatoms. The summed E-state index contributed by atoms with van der Waals surface area (Å²) < 4.78 is 0. The maximum atomic E-state index is 12.3. The predicted molar refractivity (Wildman–Crippen MR) is 87.0 cm³/mol. The van der Waals surface area contributed by atoms with Crippen molar-refractivity contribution in [2.75, 3.05) is 13.2 Å². The Hall–Kier alpha value is -1.85. The number of benzene rings is 1. The smallest absolute Gasteiger partial charge is 0.268 e. The minimum absolute atomic E-state index is 0.0419. The maximum Gasteiger partial charge on any atom is 0.268 e. The van der Waals surface area contributed by atoms with Gasteiger partial charge in [-0.25, -0.2) is 0 Å². The number of carbonyl (C=O) groups is 1. The minimum atomic E-state index is -1.04. The first-order valence-corrected chi connectivity index (χ1v) is 7.36. The highest BCUT2D eigenvalue weighted by Crippen LogP contribution is 2.26. The lowest BCUT2D eigenvalue weighted by molar-refractivity contribution is 0.0720. The lowest BCUT2D eigenvalue weighted by atomic mass is 9.86. The SMILES string of the molecule is CC(CO)(CO)NC(=O)c1cc2cc(C(C)(C)C)ccc2[nH]1. The van der Waals surface area contributed by atoms with Crippen molar-refractivity contribution >= 4 is 16.8 Å². The number of fused-ring (bicyclic) bond motifs is 1. The Kier molecular flexibility index (Phi) is 4.31. The average Bonchev–Trinajstić information content (AvgIpc) is 2.89. The molecule has 5 nitrogen and oxygen atoms in total. The van der Waals surface area contributed by atoms with Gasteiger partial charge in [0.2, 0.25) is 0 Å². The first kappa shape index (κ1) is 16.5. The van der Waals surface area contributed by atoms with Crippen molar-refractivity contribution in [1.29, 1.82) is 0 Å². The summed E-state index contributed by atoms with van der Waals surface area (Å²) in [5.74, 6) is -0.348. The number of H-pyrrole nitrogens is 1. The molecule has 0 saturated carbocycles. The molecule has 0 spiro atoms. The van der Waals surface area contributed by atoms with Crippen LogP contribution in [0.3, 0.4) is 0 Å². The number of hydrogen-bond donors (Lipinski definition) is 4. The summed E-state index contributed by atoms with van der Waals surface area (Å²) in [4.78, 5) is 15.3. The van der Waals surface area contributed by atoms with Crippen LogP contribution in [0.5, 0.6) is 0 Å². The quantitative estimate of drug-likeness (QED) is 0.696. The third kappa shape index (κ3) is 3.31. The van der Waals surface area contributed by atoms with Crippen molar-refractivity contribution in [3.05, 3.63) is 35.5 Å². The molecule has 0 aliphatic rings. The zero-order chi connectivity index (χ0) is 16.5. The zero-order valence-electron chi connectivity index (χ0n) is 13.5. The van der Waals surface area contributed by atoms with Gasteiger partial charge < -0.3 is 20.5 Å². The summed E-state index contributed by atoms with van der Waals surface area (Å²) in [5.41, 5.74) is 1.49. The van der Waals surface area contributed by atoms with Gasteiger partial charge in [-0.1, -0.05) is 26.8 Å². The first-order valence-electron chi connectivity index (χ1n) is 7.36. The Balaban J connectivity index is 2.31. The molecule has 1 heterocycles. The molecule has 1 aromatic heterocycles. The van der Waals surface area contributed by atoms with E-state index in [1.807, 2.05) is 12.1 Å². The summed E-state index contributed by atoms with van der Waals surface area (Å²) in [6.07, 6.45) is 0. The number of aromatic amines is 1.